The average Bonchev–Trinajstić information content (AvgIpc) is 3.30. The Balaban J connectivity index is 1.70. The third kappa shape index (κ3) is 3.34. The molecule has 1 aliphatic heterocycles. The number of hydrogen-bond acceptors (Lipinski definition) is 6. The Morgan fingerprint density at radius 2 is 2.07 bits per heavy atom. The van der Waals surface area contributed by atoms with Crippen molar-refractivity contribution < 1.29 is 23.0 Å². The smallest absolute Gasteiger partial charge is 0.387 e. The molecule has 3 aromatic rings. The average molecular weight is 415 g/mol. The lowest BCUT2D eigenvalue weighted by atomic mass is 10.1. The first-order valence-corrected chi connectivity index (χ1v) is 9.29. The molecule has 1 unspecified atom stereocenters. The van der Waals surface area contributed by atoms with Crippen LogP contribution in [0, 0.1) is 0 Å². The van der Waals surface area contributed by atoms with E-state index in [1.54, 1.807) is 27.9 Å². The standard InChI is InChI=1S/C20H19F2N5O3/c1-4-26-10-13(9-24-26)27-11(2)17-14(19(27)28)5-6-15(25-17)12-7-16(30-20(21)22)18(29-3)23-8-12/h5-11,20H,4H2,1-3H3. The lowest BCUT2D eigenvalue weighted by Crippen LogP contribution is -2.25. The zero-order valence-corrected chi connectivity index (χ0v) is 16.5. The number of pyridine rings is 2. The van der Waals surface area contributed by atoms with Gasteiger partial charge in [-0.1, -0.05) is 0 Å². The summed E-state index contributed by atoms with van der Waals surface area (Å²) in [5.41, 5.74) is 2.71. The summed E-state index contributed by atoms with van der Waals surface area (Å²) in [7, 11) is 1.32. The fraction of sp³-hybridized carbons (Fsp3) is 0.300. The van der Waals surface area contributed by atoms with Crippen LogP contribution in [0.3, 0.4) is 0 Å². The molecule has 0 N–H and O–H groups in total. The number of ether oxygens (including phenoxy) is 2. The molecule has 0 aliphatic carbocycles. The summed E-state index contributed by atoms with van der Waals surface area (Å²) in [4.78, 5) is 23.2. The second-order valence-corrected chi connectivity index (χ2v) is 6.64. The quantitative estimate of drug-likeness (QED) is 0.611. The normalized spacial score (nSPS) is 15.6. The Bertz CT molecular complexity index is 1100. The van der Waals surface area contributed by atoms with Gasteiger partial charge in [-0.15, -0.1) is 0 Å². The van der Waals surface area contributed by atoms with Crippen LogP contribution < -0.4 is 14.4 Å². The van der Waals surface area contributed by atoms with Gasteiger partial charge < -0.3 is 9.47 Å². The molecule has 4 heterocycles. The van der Waals surface area contributed by atoms with Gasteiger partial charge in [0.1, 0.15) is 0 Å². The first-order valence-electron chi connectivity index (χ1n) is 9.29. The number of hydrogen-bond donors (Lipinski definition) is 0. The van der Waals surface area contributed by atoms with Gasteiger partial charge in [-0.3, -0.25) is 14.4 Å². The van der Waals surface area contributed by atoms with E-state index in [0.717, 1.165) is 0 Å². The highest BCUT2D eigenvalue weighted by molar-refractivity contribution is 6.10. The summed E-state index contributed by atoms with van der Waals surface area (Å²) < 4.78 is 36.6. The van der Waals surface area contributed by atoms with Crippen molar-refractivity contribution in [2.75, 3.05) is 12.0 Å². The van der Waals surface area contributed by atoms with E-state index in [1.165, 1.54) is 19.4 Å². The molecule has 0 radical (unpaired) electrons. The number of nitrogens with zero attached hydrogens (tertiary/aromatic N) is 5. The lowest BCUT2D eigenvalue weighted by Gasteiger charge is -2.19. The fourth-order valence-corrected chi connectivity index (χ4v) is 3.46. The van der Waals surface area contributed by atoms with Gasteiger partial charge in [0.2, 0.25) is 0 Å². The molecule has 0 aromatic carbocycles. The third-order valence-corrected chi connectivity index (χ3v) is 4.90. The molecule has 0 fully saturated rings. The van der Waals surface area contributed by atoms with Crippen LogP contribution in [-0.2, 0) is 6.54 Å². The largest absolute Gasteiger partial charge is 0.478 e. The van der Waals surface area contributed by atoms with Crippen molar-refractivity contribution in [2.24, 2.45) is 0 Å². The predicted octanol–water partition coefficient (Wildman–Crippen LogP) is 3.69. The number of alkyl halides is 2. The second kappa shape index (κ2) is 7.69. The van der Waals surface area contributed by atoms with Gasteiger partial charge in [-0.2, -0.15) is 13.9 Å². The Kier molecular flexibility index (Phi) is 5.06. The third-order valence-electron chi connectivity index (χ3n) is 4.90. The Labute approximate surface area is 171 Å². The van der Waals surface area contributed by atoms with Crippen LogP contribution >= 0.6 is 0 Å². The number of carbonyl (C=O) groups excluding carboxylic acids is 1. The number of amides is 1. The van der Waals surface area contributed by atoms with Gasteiger partial charge in [-0.05, 0) is 32.0 Å². The van der Waals surface area contributed by atoms with Crippen molar-refractivity contribution in [1.82, 2.24) is 19.7 Å². The van der Waals surface area contributed by atoms with Gasteiger partial charge in [-0.25, -0.2) is 9.97 Å². The van der Waals surface area contributed by atoms with Crippen LogP contribution in [0.1, 0.15) is 35.9 Å². The number of methoxy groups -OCH3 is 1. The molecule has 1 atom stereocenters. The summed E-state index contributed by atoms with van der Waals surface area (Å²) in [6, 6.07) is 4.40. The second-order valence-electron chi connectivity index (χ2n) is 6.64. The molecule has 1 amide bonds. The molecule has 30 heavy (non-hydrogen) atoms. The number of aryl methyl sites for hydroxylation is 1. The van der Waals surface area contributed by atoms with Crippen molar-refractivity contribution in [3.05, 3.63) is 48.0 Å². The van der Waals surface area contributed by atoms with E-state index >= 15 is 0 Å². The number of anilines is 1. The summed E-state index contributed by atoms with van der Waals surface area (Å²) in [6.07, 6.45) is 4.91. The van der Waals surface area contributed by atoms with E-state index in [-0.39, 0.29) is 23.6 Å². The van der Waals surface area contributed by atoms with Crippen molar-refractivity contribution >= 4 is 11.6 Å². The number of fused-ring (bicyclic) bond motifs is 1. The van der Waals surface area contributed by atoms with Crippen LogP contribution in [0.5, 0.6) is 11.6 Å². The highest BCUT2D eigenvalue weighted by Gasteiger charge is 2.37. The van der Waals surface area contributed by atoms with Crippen molar-refractivity contribution in [2.45, 2.75) is 33.0 Å². The van der Waals surface area contributed by atoms with Crippen LogP contribution in [-0.4, -0.2) is 39.4 Å². The van der Waals surface area contributed by atoms with E-state index in [1.807, 2.05) is 20.0 Å². The fourth-order valence-electron chi connectivity index (χ4n) is 3.46. The van der Waals surface area contributed by atoms with E-state index in [4.69, 9.17) is 4.74 Å². The minimum atomic E-state index is -3.01. The summed E-state index contributed by atoms with van der Waals surface area (Å²) in [5.74, 6) is -0.408. The lowest BCUT2D eigenvalue weighted by molar-refractivity contribution is -0.0515. The molecule has 10 heteroatoms. The van der Waals surface area contributed by atoms with Gasteiger partial charge >= 0.3 is 6.61 Å². The SMILES string of the molecule is CCn1cc(N2C(=O)c3ccc(-c4cnc(OC)c(OC(F)F)c4)nc3C2C)cn1. The zero-order valence-electron chi connectivity index (χ0n) is 16.5. The molecular formula is C20H19F2N5O3. The highest BCUT2D eigenvalue weighted by Crippen LogP contribution is 2.38. The van der Waals surface area contributed by atoms with E-state index < -0.39 is 6.61 Å². The Morgan fingerprint density at radius 1 is 1.27 bits per heavy atom. The Morgan fingerprint density at radius 3 is 2.73 bits per heavy atom. The topological polar surface area (TPSA) is 82.4 Å². The molecule has 0 spiro atoms. The number of carbonyl (C=O) groups is 1. The summed E-state index contributed by atoms with van der Waals surface area (Å²) >= 11 is 0. The van der Waals surface area contributed by atoms with Crippen molar-refractivity contribution in [1.29, 1.82) is 0 Å². The number of aromatic nitrogens is 4. The predicted molar refractivity (Wildman–Crippen MR) is 104 cm³/mol. The minimum Gasteiger partial charge on any atom is -0.478 e. The van der Waals surface area contributed by atoms with Crippen molar-refractivity contribution in [3.8, 4) is 22.9 Å². The maximum Gasteiger partial charge on any atom is 0.387 e. The zero-order chi connectivity index (χ0) is 21.4. The van der Waals surface area contributed by atoms with E-state index in [2.05, 4.69) is 19.8 Å². The summed E-state index contributed by atoms with van der Waals surface area (Å²) in [6.45, 7) is 1.52. The highest BCUT2D eigenvalue weighted by atomic mass is 19.3. The van der Waals surface area contributed by atoms with E-state index in [0.29, 0.717) is 34.7 Å². The summed E-state index contributed by atoms with van der Waals surface area (Å²) in [5, 5.41) is 4.23. The maximum absolute atomic E-state index is 12.9. The number of halogens is 2. The van der Waals surface area contributed by atoms with Crippen LogP contribution in [0.15, 0.2) is 36.8 Å². The van der Waals surface area contributed by atoms with Crippen LogP contribution in [0.4, 0.5) is 14.5 Å². The van der Waals surface area contributed by atoms with Crippen LogP contribution in [0.25, 0.3) is 11.3 Å². The van der Waals surface area contributed by atoms with Gasteiger partial charge in [0.25, 0.3) is 11.8 Å². The van der Waals surface area contributed by atoms with Crippen molar-refractivity contribution in [3.63, 3.8) is 0 Å². The van der Waals surface area contributed by atoms with E-state index in [9.17, 15) is 13.6 Å². The molecule has 3 aromatic heterocycles. The number of rotatable bonds is 6. The minimum absolute atomic E-state index is 0.0529. The maximum atomic E-state index is 12.9. The molecule has 0 saturated heterocycles. The van der Waals surface area contributed by atoms with Gasteiger partial charge in [0, 0.05) is 24.5 Å². The molecular weight excluding hydrogens is 396 g/mol. The molecule has 1 aliphatic rings. The van der Waals surface area contributed by atoms with Gasteiger partial charge in [0.05, 0.1) is 42.0 Å². The molecule has 4 rings (SSSR count). The van der Waals surface area contributed by atoms with Gasteiger partial charge in [0.15, 0.2) is 5.75 Å². The molecule has 156 valence electrons. The molecule has 8 nitrogen and oxygen atoms in total. The monoisotopic (exact) mass is 415 g/mol. The molecule has 0 saturated carbocycles. The first kappa shape index (κ1) is 19.7. The first-order chi connectivity index (χ1) is 14.4. The molecule has 0 bridgehead atoms. The van der Waals surface area contributed by atoms with Crippen LogP contribution in [0.2, 0.25) is 0 Å². The Hall–Kier alpha value is -3.56.